The van der Waals surface area contributed by atoms with Gasteiger partial charge in [-0.05, 0) is 64.9 Å². The zero-order chi connectivity index (χ0) is 19.8. The van der Waals surface area contributed by atoms with Crippen molar-refractivity contribution < 1.29 is 9.47 Å². The van der Waals surface area contributed by atoms with E-state index in [0.717, 1.165) is 22.1 Å². The van der Waals surface area contributed by atoms with Crippen LogP contribution in [0.4, 0.5) is 0 Å². The Hall–Kier alpha value is -1.54. The van der Waals surface area contributed by atoms with Crippen LogP contribution < -0.4 is 20.2 Å². The smallest absolute Gasteiger partial charge is 0.186 e. The third-order valence-electron chi connectivity index (χ3n) is 3.36. The zero-order valence-electron chi connectivity index (χ0n) is 14.7. The number of thiocarbonyl (C=S) groups is 1. The average molecular weight is 491 g/mol. The largest absolute Gasteiger partial charge is 0.493 e. The molecule has 0 amide bonds. The summed E-state index contributed by atoms with van der Waals surface area (Å²) in [6.45, 7) is 2.96. The summed E-state index contributed by atoms with van der Waals surface area (Å²) in [7, 11) is 1.57. The minimum absolute atomic E-state index is 0.275. The maximum absolute atomic E-state index is 6.19. The van der Waals surface area contributed by atoms with Crippen molar-refractivity contribution >= 4 is 62.7 Å². The van der Waals surface area contributed by atoms with Gasteiger partial charge in [0.15, 0.2) is 16.6 Å². The summed E-state index contributed by atoms with van der Waals surface area (Å²) >= 11 is 20.7. The lowest BCUT2D eigenvalue weighted by molar-refractivity contribution is 0.282. The molecule has 2 N–H and O–H groups in total. The van der Waals surface area contributed by atoms with Gasteiger partial charge in [0.1, 0.15) is 6.61 Å². The molecule has 9 heteroatoms. The summed E-state index contributed by atoms with van der Waals surface area (Å²) < 4.78 is 12.1. The summed E-state index contributed by atoms with van der Waals surface area (Å²) in [5.41, 5.74) is 4.37. The monoisotopic (exact) mass is 489 g/mol. The predicted octanol–water partition coefficient (Wildman–Crippen LogP) is 5.16. The maximum Gasteiger partial charge on any atom is 0.186 e. The van der Waals surface area contributed by atoms with Crippen molar-refractivity contribution in [2.45, 2.75) is 13.5 Å². The molecule has 27 heavy (non-hydrogen) atoms. The molecule has 0 atom stereocenters. The van der Waals surface area contributed by atoms with Crippen LogP contribution in [0.15, 0.2) is 39.9 Å². The van der Waals surface area contributed by atoms with Crippen LogP contribution in [-0.4, -0.2) is 25.0 Å². The number of nitrogens with zero attached hydrogens (tertiary/aromatic N) is 1. The minimum Gasteiger partial charge on any atom is -0.493 e. The van der Waals surface area contributed by atoms with E-state index < -0.39 is 0 Å². The summed E-state index contributed by atoms with van der Waals surface area (Å²) in [6, 6.07) is 8.94. The van der Waals surface area contributed by atoms with Crippen LogP contribution in [0.2, 0.25) is 10.0 Å². The van der Waals surface area contributed by atoms with Crippen LogP contribution >= 0.6 is 51.3 Å². The van der Waals surface area contributed by atoms with Crippen molar-refractivity contribution in [1.82, 2.24) is 10.7 Å². The predicted molar refractivity (Wildman–Crippen MR) is 118 cm³/mol. The van der Waals surface area contributed by atoms with Gasteiger partial charge < -0.3 is 14.8 Å². The molecule has 0 radical (unpaired) electrons. The number of benzene rings is 2. The fraction of sp³-hybridized carbons (Fsp3) is 0.222. The Morgan fingerprint density at radius 3 is 2.74 bits per heavy atom. The van der Waals surface area contributed by atoms with E-state index in [2.05, 4.69) is 31.8 Å². The first-order valence-corrected chi connectivity index (χ1v) is 9.91. The van der Waals surface area contributed by atoms with E-state index in [1.807, 2.05) is 25.1 Å². The highest BCUT2D eigenvalue weighted by Crippen LogP contribution is 2.37. The van der Waals surface area contributed by atoms with Gasteiger partial charge in [0.2, 0.25) is 0 Å². The van der Waals surface area contributed by atoms with Crippen LogP contribution in [0, 0.1) is 0 Å². The number of ether oxygens (including phenoxy) is 2. The Labute approximate surface area is 182 Å². The van der Waals surface area contributed by atoms with Crippen molar-refractivity contribution in [1.29, 1.82) is 0 Å². The highest BCUT2D eigenvalue weighted by Gasteiger charge is 2.12. The molecule has 0 heterocycles. The lowest BCUT2D eigenvalue weighted by Gasteiger charge is -2.14. The molecule has 0 spiro atoms. The van der Waals surface area contributed by atoms with E-state index in [1.165, 1.54) is 0 Å². The average Bonchev–Trinajstić information content (AvgIpc) is 2.62. The summed E-state index contributed by atoms with van der Waals surface area (Å²) in [4.78, 5) is 0. The quantitative estimate of drug-likeness (QED) is 0.319. The number of hydrogen-bond donors (Lipinski definition) is 2. The Balaban J connectivity index is 2.13. The number of hydrazone groups is 1. The molecule has 0 bridgehead atoms. The van der Waals surface area contributed by atoms with Gasteiger partial charge in [0.25, 0.3) is 0 Å². The van der Waals surface area contributed by atoms with Gasteiger partial charge in [-0.1, -0.05) is 29.3 Å². The molecular formula is C18H18BrCl2N3O2S. The van der Waals surface area contributed by atoms with Crippen LogP contribution in [0.3, 0.4) is 0 Å². The second-order valence-electron chi connectivity index (χ2n) is 5.29. The van der Waals surface area contributed by atoms with E-state index in [1.54, 1.807) is 25.5 Å². The number of rotatable bonds is 7. The van der Waals surface area contributed by atoms with Crippen molar-refractivity contribution in [2.24, 2.45) is 5.10 Å². The normalized spacial score (nSPS) is 10.7. The molecule has 2 aromatic carbocycles. The van der Waals surface area contributed by atoms with E-state index in [0.29, 0.717) is 26.7 Å². The molecule has 0 saturated heterocycles. The van der Waals surface area contributed by atoms with Gasteiger partial charge in [-0.25, -0.2) is 0 Å². The molecule has 0 aliphatic rings. The molecule has 0 unspecified atom stereocenters. The Morgan fingerprint density at radius 2 is 2.07 bits per heavy atom. The van der Waals surface area contributed by atoms with Gasteiger partial charge in [-0.15, -0.1) is 0 Å². The second-order valence-corrected chi connectivity index (χ2v) is 7.39. The molecule has 2 rings (SSSR count). The molecule has 2 aromatic rings. The van der Waals surface area contributed by atoms with Crippen LogP contribution in [0.1, 0.15) is 18.1 Å². The van der Waals surface area contributed by atoms with Crippen molar-refractivity contribution in [3.8, 4) is 11.5 Å². The lowest BCUT2D eigenvalue weighted by Crippen LogP contribution is -2.31. The summed E-state index contributed by atoms with van der Waals surface area (Å²) in [6.07, 6.45) is 1.64. The van der Waals surface area contributed by atoms with Gasteiger partial charge in [0.05, 0.1) is 17.8 Å². The fourth-order valence-electron chi connectivity index (χ4n) is 2.11. The number of methoxy groups -OCH3 is 1. The van der Waals surface area contributed by atoms with Crippen molar-refractivity contribution in [3.63, 3.8) is 0 Å². The van der Waals surface area contributed by atoms with Gasteiger partial charge in [0, 0.05) is 22.2 Å². The number of halogens is 3. The molecule has 0 saturated carbocycles. The Bertz CT molecular complexity index is 850. The third kappa shape index (κ3) is 6.53. The molecule has 0 aliphatic carbocycles. The van der Waals surface area contributed by atoms with E-state index in [4.69, 9.17) is 44.9 Å². The zero-order valence-corrected chi connectivity index (χ0v) is 18.6. The molecule has 0 aliphatic heterocycles. The van der Waals surface area contributed by atoms with E-state index in [-0.39, 0.29) is 6.61 Å². The molecular weight excluding hydrogens is 473 g/mol. The number of hydrogen-bond acceptors (Lipinski definition) is 4. The van der Waals surface area contributed by atoms with E-state index in [9.17, 15) is 0 Å². The van der Waals surface area contributed by atoms with Crippen molar-refractivity contribution in [3.05, 3.63) is 56.0 Å². The Kier molecular flexibility index (Phi) is 8.63. The topological polar surface area (TPSA) is 54.9 Å². The van der Waals surface area contributed by atoms with E-state index >= 15 is 0 Å². The van der Waals surface area contributed by atoms with Crippen molar-refractivity contribution in [2.75, 3.05) is 13.7 Å². The standard InChI is InChI=1S/C18H18BrCl2N3O2S/c1-3-22-18(27)24-23-9-11-6-14(19)17(16(7-11)25-2)26-10-12-4-5-13(20)8-15(12)21/h4-9H,3,10H2,1-2H3,(H2,22,24,27)/b23-9-. The highest BCUT2D eigenvalue weighted by molar-refractivity contribution is 9.10. The van der Waals surface area contributed by atoms with Gasteiger partial charge >= 0.3 is 0 Å². The number of nitrogens with one attached hydrogen (secondary N) is 2. The first-order valence-electron chi connectivity index (χ1n) is 7.95. The van der Waals surface area contributed by atoms with Crippen LogP contribution in [0.25, 0.3) is 0 Å². The SMILES string of the molecule is CCNC(=S)N/N=C\c1cc(Br)c(OCc2ccc(Cl)cc2Cl)c(OC)c1. The van der Waals surface area contributed by atoms with Crippen LogP contribution in [0.5, 0.6) is 11.5 Å². The lowest BCUT2D eigenvalue weighted by atomic mass is 10.2. The molecule has 144 valence electrons. The molecule has 0 fully saturated rings. The first-order chi connectivity index (χ1) is 12.9. The summed E-state index contributed by atoms with van der Waals surface area (Å²) in [5, 5.41) is 8.62. The molecule has 0 aromatic heterocycles. The third-order valence-corrected chi connectivity index (χ3v) is 4.77. The van der Waals surface area contributed by atoms with Gasteiger partial charge in [-0.3, -0.25) is 5.43 Å². The van der Waals surface area contributed by atoms with Gasteiger partial charge in [-0.2, -0.15) is 5.10 Å². The first kappa shape index (κ1) is 21.8. The second kappa shape index (κ2) is 10.7. The minimum atomic E-state index is 0.275. The Morgan fingerprint density at radius 1 is 1.30 bits per heavy atom. The maximum atomic E-state index is 6.19. The molecule has 5 nitrogen and oxygen atoms in total. The fourth-order valence-corrected chi connectivity index (χ4v) is 3.34. The summed E-state index contributed by atoms with van der Waals surface area (Å²) in [5.74, 6) is 1.13. The van der Waals surface area contributed by atoms with Crippen LogP contribution in [-0.2, 0) is 6.61 Å². The highest BCUT2D eigenvalue weighted by atomic mass is 79.9.